The van der Waals surface area contributed by atoms with Gasteiger partial charge in [-0.2, -0.15) is 0 Å². The molecule has 1 aromatic heterocycles. The number of carbonyl (C=O) groups is 1. The summed E-state index contributed by atoms with van der Waals surface area (Å²) in [5.74, 6) is 1.48. The fraction of sp³-hybridized carbons (Fsp3) is 0.167. The number of para-hydroxylation sites is 1. The van der Waals surface area contributed by atoms with Crippen LogP contribution in [0.3, 0.4) is 0 Å². The van der Waals surface area contributed by atoms with Crippen LogP contribution in [0.5, 0.6) is 5.75 Å². The molecule has 2 N–H and O–H groups in total. The van der Waals surface area contributed by atoms with E-state index in [0.717, 1.165) is 39.4 Å². The van der Waals surface area contributed by atoms with Crippen molar-refractivity contribution in [2.75, 3.05) is 17.2 Å². The van der Waals surface area contributed by atoms with Gasteiger partial charge in [0.2, 0.25) is 5.91 Å². The summed E-state index contributed by atoms with van der Waals surface area (Å²) in [5, 5.41) is 17.8. The van der Waals surface area contributed by atoms with E-state index in [-0.39, 0.29) is 5.91 Å². The number of anilines is 2. The minimum absolute atomic E-state index is 0.0944. The smallest absolute Gasteiger partial charge is 0.237 e. The Kier molecular flexibility index (Phi) is 7.89. The molecule has 0 saturated heterocycles. The number of carbonyl (C=O) groups excluding carboxylic acids is 1. The molecule has 5 aromatic rings. The van der Waals surface area contributed by atoms with E-state index in [1.165, 1.54) is 11.8 Å². The number of rotatable bonds is 10. The van der Waals surface area contributed by atoms with E-state index in [1.54, 1.807) is 0 Å². The molecule has 0 bridgehead atoms. The predicted octanol–water partition coefficient (Wildman–Crippen LogP) is 6.55. The molecule has 8 heteroatoms. The molecule has 0 aliphatic heterocycles. The molecule has 0 radical (unpaired) electrons. The van der Waals surface area contributed by atoms with Crippen molar-refractivity contribution in [2.24, 2.45) is 0 Å². The number of nitrogens with one attached hydrogen (secondary N) is 2. The van der Waals surface area contributed by atoms with Crippen LogP contribution in [0.1, 0.15) is 19.7 Å². The van der Waals surface area contributed by atoms with Crippen molar-refractivity contribution in [3.63, 3.8) is 0 Å². The highest BCUT2D eigenvalue weighted by Crippen LogP contribution is 2.29. The number of hydrogen-bond acceptors (Lipinski definition) is 6. The van der Waals surface area contributed by atoms with Crippen LogP contribution >= 0.6 is 11.8 Å². The lowest BCUT2D eigenvalue weighted by atomic mass is 10.1. The third-order valence-electron chi connectivity index (χ3n) is 6.03. The van der Waals surface area contributed by atoms with E-state index in [4.69, 9.17) is 4.74 Å². The lowest BCUT2D eigenvalue weighted by Crippen LogP contribution is -2.23. The summed E-state index contributed by atoms with van der Waals surface area (Å²) in [6.07, 6.45) is 0. The van der Waals surface area contributed by atoms with Crippen LogP contribution in [-0.2, 0) is 11.3 Å². The number of benzene rings is 4. The molecule has 1 heterocycles. The van der Waals surface area contributed by atoms with Crippen LogP contribution in [-0.4, -0.2) is 32.5 Å². The van der Waals surface area contributed by atoms with Gasteiger partial charge in [-0.05, 0) is 61.7 Å². The van der Waals surface area contributed by atoms with Gasteiger partial charge >= 0.3 is 0 Å². The molecule has 0 saturated carbocycles. The summed E-state index contributed by atoms with van der Waals surface area (Å²) in [6.45, 7) is 4.94. The molecule has 192 valence electrons. The molecule has 0 unspecified atom stereocenters. The summed E-state index contributed by atoms with van der Waals surface area (Å²) >= 11 is 1.38. The Balaban J connectivity index is 1.34. The second-order valence-corrected chi connectivity index (χ2v) is 9.96. The van der Waals surface area contributed by atoms with E-state index in [1.807, 2.05) is 115 Å². The lowest BCUT2D eigenvalue weighted by molar-refractivity contribution is -0.115. The molecular formula is C30H29N5O2S. The Morgan fingerprint density at radius 1 is 0.921 bits per heavy atom. The van der Waals surface area contributed by atoms with E-state index < -0.39 is 5.25 Å². The molecule has 0 aliphatic rings. The Labute approximate surface area is 226 Å². The number of hydrogen-bond donors (Lipinski definition) is 2. The molecule has 4 aromatic carbocycles. The lowest BCUT2D eigenvalue weighted by Gasteiger charge is -2.15. The van der Waals surface area contributed by atoms with Crippen LogP contribution in [0.4, 0.5) is 11.4 Å². The van der Waals surface area contributed by atoms with Crippen LogP contribution in [0.2, 0.25) is 0 Å². The van der Waals surface area contributed by atoms with Crippen molar-refractivity contribution in [1.29, 1.82) is 0 Å². The molecule has 1 atom stereocenters. The van der Waals surface area contributed by atoms with Gasteiger partial charge in [0, 0.05) is 22.4 Å². The number of fused-ring (bicyclic) bond motifs is 1. The van der Waals surface area contributed by atoms with Gasteiger partial charge in [-0.15, -0.1) is 10.2 Å². The van der Waals surface area contributed by atoms with E-state index >= 15 is 0 Å². The normalized spacial score (nSPS) is 11.7. The van der Waals surface area contributed by atoms with Crippen molar-refractivity contribution >= 4 is 39.8 Å². The van der Waals surface area contributed by atoms with Crippen molar-refractivity contribution < 1.29 is 9.53 Å². The largest absolute Gasteiger partial charge is 0.494 e. The quantitative estimate of drug-likeness (QED) is 0.202. The maximum absolute atomic E-state index is 13.2. The topological polar surface area (TPSA) is 81.1 Å². The maximum atomic E-state index is 13.2. The SMILES string of the molecule is CCOc1ccc(NCc2nnc(S[C@H](C)C(=O)Nc3cccc4ccccc34)n2-c2ccccc2)cc1. The number of ether oxygens (including phenoxy) is 1. The second-order valence-electron chi connectivity index (χ2n) is 8.66. The van der Waals surface area contributed by atoms with Gasteiger partial charge < -0.3 is 15.4 Å². The number of aromatic nitrogens is 3. The molecule has 38 heavy (non-hydrogen) atoms. The molecule has 7 nitrogen and oxygen atoms in total. The van der Waals surface area contributed by atoms with Crippen molar-refractivity contribution in [2.45, 2.75) is 30.8 Å². The first kappa shape index (κ1) is 25.4. The summed E-state index contributed by atoms with van der Waals surface area (Å²) in [5.41, 5.74) is 2.68. The second kappa shape index (κ2) is 11.8. The highest BCUT2D eigenvalue weighted by molar-refractivity contribution is 8.00. The third kappa shape index (κ3) is 5.81. The molecular weight excluding hydrogens is 494 g/mol. The van der Waals surface area contributed by atoms with Gasteiger partial charge in [-0.25, -0.2) is 0 Å². The number of thioether (sulfide) groups is 1. The molecule has 0 spiro atoms. The van der Waals surface area contributed by atoms with E-state index in [0.29, 0.717) is 18.3 Å². The van der Waals surface area contributed by atoms with E-state index in [2.05, 4.69) is 20.8 Å². The Bertz CT molecular complexity index is 1510. The first-order valence-electron chi connectivity index (χ1n) is 12.5. The first-order chi connectivity index (χ1) is 18.6. The summed E-state index contributed by atoms with van der Waals surface area (Å²) < 4.78 is 7.52. The summed E-state index contributed by atoms with van der Waals surface area (Å²) in [6, 6.07) is 31.7. The summed E-state index contributed by atoms with van der Waals surface area (Å²) in [4.78, 5) is 13.2. The number of nitrogens with zero attached hydrogens (tertiary/aromatic N) is 3. The standard InChI is InChI=1S/C30H29N5O2S/c1-3-37-25-18-16-23(17-19-25)31-20-28-33-34-30(35(28)24-12-5-4-6-13-24)38-21(2)29(36)32-27-15-9-11-22-10-7-8-14-26(22)27/h4-19,21,31H,3,20H2,1-2H3,(H,32,36)/t21-/m1/s1. The van der Waals surface area contributed by atoms with Crippen molar-refractivity contribution in [3.8, 4) is 11.4 Å². The first-order valence-corrected chi connectivity index (χ1v) is 13.4. The number of amides is 1. The zero-order valence-corrected chi connectivity index (χ0v) is 22.1. The zero-order chi connectivity index (χ0) is 26.3. The Hall–Kier alpha value is -4.30. The van der Waals surface area contributed by atoms with Crippen LogP contribution in [0.15, 0.2) is 102 Å². The van der Waals surface area contributed by atoms with Gasteiger partial charge in [0.05, 0.1) is 18.4 Å². The highest BCUT2D eigenvalue weighted by Gasteiger charge is 2.21. The van der Waals surface area contributed by atoms with Crippen LogP contribution in [0.25, 0.3) is 16.5 Å². The molecule has 0 fully saturated rings. The fourth-order valence-electron chi connectivity index (χ4n) is 4.12. The Morgan fingerprint density at radius 3 is 2.45 bits per heavy atom. The van der Waals surface area contributed by atoms with Gasteiger partial charge in [0.1, 0.15) is 5.75 Å². The predicted molar refractivity (Wildman–Crippen MR) is 154 cm³/mol. The minimum atomic E-state index is -0.396. The van der Waals surface area contributed by atoms with E-state index in [9.17, 15) is 4.79 Å². The minimum Gasteiger partial charge on any atom is -0.494 e. The van der Waals surface area contributed by atoms with Gasteiger partial charge in [0.25, 0.3) is 0 Å². The van der Waals surface area contributed by atoms with Crippen LogP contribution in [0, 0.1) is 0 Å². The van der Waals surface area contributed by atoms with Gasteiger partial charge in [0.15, 0.2) is 11.0 Å². The summed E-state index contributed by atoms with van der Waals surface area (Å²) in [7, 11) is 0. The van der Waals surface area contributed by atoms with Crippen molar-refractivity contribution in [1.82, 2.24) is 14.8 Å². The monoisotopic (exact) mass is 523 g/mol. The average molecular weight is 524 g/mol. The highest BCUT2D eigenvalue weighted by atomic mass is 32.2. The van der Waals surface area contributed by atoms with Gasteiger partial charge in [-0.1, -0.05) is 66.4 Å². The molecule has 5 rings (SSSR count). The molecule has 1 amide bonds. The van der Waals surface area contributed by atoms with Crippen molar-refractivity contribution in [3.05, 3.63) is 103 Å². The maximum Gasteiger partial charge on any atom is 0.237 e. The fourth-order valence-corrected chi connectivity index (χ4v) is 5.01. The third-order valence-corrected chi connectivity index (χ3v) is 7.07. The van der Waals surface area contributed by atoms with Crippen LogP contribution < -0.4 is 15.4 Å². The van der Waals surface area contributed by atoms with Gasteiger partial charge in [-0.3, -0.25) is 9.36 Å². The average Bonchev–Trinajstić information content (AvgIpc) is 3.35. The molecule has 0 aliphatic carbocycles. The Morgan fingerprint density at radius 2 is 1.66 bits per heavy atom. The zero-order valence-electron chi connectivity index (χ0n) is 21.3.